The number of carbonyl (C=O) groups excluding carboxylic acids is 6. The van der Waals surface area contributed by atoms with Crippen LogP contribution in [0.1, 0.15) is 70.9 Å². The van der Waals surface area contributed by atoms with Gasteiger partial charge in [-0.1, -0.05) is 64.8 Å². The lowest BCUT2D eigenvalue weighted by molar-refractivity contribution is -0.144. The van der Waals surface area contributed by atoms with Crippen molar-refractivity contribution in [2.75, 3.05) is 6.54 Å². The molecule has 11 heteroatoms. The van der Waals surface area contributed by atoms with Crippen LogP contribution in [0.15, 0.2) is 24.3 Å². The minimum Gasteiger partial charge on any atom is -0.363 e. The summed E-state index contributed by atoms with van der Waals surface area (Å²) < 4.78 is 0. The fourth-order valence-corrected chi connectivity index (χ4v) is 8.06. The molecule has 1 aliphatic heterocycles. The van der Waals surface area contributed by atoms with Crippen LogP contribution in [0.3, 0.4) is 0 Å². The molecule has 5 aliphatic rings. The lowest BCUT2D eigenvalue weighted by Gasteiger charge is -2.35. The number of urea groups is 1. The Bertz CT molecular complexity index is 1420. The topological polar surface area (TPSA) is 168 Å². The molecule has 6 rings (SSSR count). The first-order valence-electron chi connectivity index (χ1n) is 16.9. The number of primary amides is 1. The summed E-state index contributed by atoms with van der Waals surface area (Å²) in [7, 11) is 0. The van der Waals surface area contributed by atoms with Crippen LogP contribution in [0.5, 0.6) is 0 Å². The number of hydrogen-bond acceptors (Lipinski definition) is 6. The Labute approximate surface area is 270 Å². The first-order valence-corrected chi connectivity index (χ1v) is 16.9. The van der Waals surface area contributed by atoms with Crippen molar-refractivity contribution in [3.8, 4) is 0 Å². The molecule has 1 unspecified atom stereocenters. The molecule has 4 fully saturated rings. The Morgan fingerprint density at radius 1 is 0.935 bits per heavy atom. The Balaban J connectivity index is 1.24. The fourth-order valence-electron chi connectivity index (χ4n) is 8.06. The molecule has 5 amide bonds. The molecule has 0 bridgehead atoms. The maximum atomic E-state index is 14.6. The molecular formula is C35H47N5O6. The zero-order chi connectivity index (χ0) is 33.1. The van der Waals surface area contributed by atoms with Gasteiger partial charge in [0.05, 0.1) is 12.1 Å². The summed E-state index contributed by atoms with van der Waals surface area (Å²) in [5, 5.41) is 8.61. The van der Waals surface area contributed by atoms with E-state index in [-0.39, 0.29) is 52.6 Å². The zero-order valence-electron chi connectivity index (χ0n) is 27.2. The highest BCUT2D eigenvalue weighted by Crippen LogP contribution is 2.65. The van der Waals surface area contributed by atoms with E-state index in [2.05, 4.69) is 29.8 Å². The van der Waals surface area contributed by atoms with Gasteiger partial charge in [0.15, 0.2) is 5.78 Å². The van der Waals surface area contributed by atoms with Crippen molar-refractivity contribution in [3.63, 3.8) is 0 Å². The average Bonchev–Trinajstić information content (AvgIpc) is 3.97. The molecule has 1 heterocycles. The van der Waals surface area contributed by atoms with Gasteiger partial charge in [0, 0.05) is 12.5 Å². The summed E-state index contributed by atoms with van der Waals surface area (Å²) in [6.45, 7) is 8.27. The molecule has 0 spiro atoms. The maximum absolute atomic E-state index is 14.6. The third kappa shape index (κ3) is 6.29. The highest BCUT2D eigenvalue weighted by atomic mass is 16.2. The lowest BCUT2D eigenvalue weighted by atomic mass is 9.93. The lowest BCUT2D eigenvalue weighted by Crippen LogP contribution is -2.61. The first kappa shape index (κ1) is 32.2. The molecule has 46 heavy (non-hydrogen) atoms. The summed E-state index contributed by atoms with van der Waals surface area (Å²) in [4.78, 5) is 81.2. The molecule has 1 saturated heterocycles. The van der Waals surface area contributed by atoms with Gasteiger partial charge in [-0.15, -0.1) is 0 Å². The predicted molar refractivity (Wildman–Crippen MR) is 169 cm³/mol. The van der Waals surface area contributed by atoms with E-state index in [1.807, 2.05) is 38.1 Å². The van der Waals surface area contributed by atoms with E-state index in [1.165, 1.54) is 0 Å². The van der Waals surface area contributed by atoms with Crippen LogP contribution in [-0.4, -0.2) is 70.9 Å². The van der Waals surface area contributed by atoms with Crippen molar-refractivity contribution in [1.29, 1.82) is 0 Å². The molecule has 5 N–H and O–H groups in total. The number of Topliss-reactive ketones (excluding diaryl/α,β-unsaturated/α-hetero) is 2. The second-order valence-electron chi connectivity index (χ2n) is 15.3. The van der Waals surface area contributed by atoms with Gasteiger partial charge < -0.3 is 26.6 Å². The molecule has 0 radical (unpaired) electrons. The van der Waals surface area contributed by atoms with Crippen molar-refractivity contribution in [2.24, 2.45) is 46.7 Å². The van der Waals surface area contributed by atoms with Gasteiger partial charge in [0.25, 0.3) is 5.91 Å². The maximum Gasteiger partial charge on any atom is 0.316 e. The highest BCUT2D eigenvalue weighted by molar-refractivity contribution is 6.37. The number of likely N-dealkylation sites (tertiary alicyclic amines) is 1. The quantitative estimate of drug-likeness (QED) is 0.242. The number of piperidine rings is 1. The monoisotopic (exact) mass is 633 g/mol. The zero-order valence-corrected chi connectivity index (χ0v) is 27.2. The van der Waals surface area contributed by atoms with E-state index in [0.717, 1.165) is 36.8 Å². The fraction of sp³-hybridized carbons (Fsp3) is 0.657. The van der Waals surface area contributed by atoms with Gasteiger partial charge in [-0.2, -0.15) is 0 Å². The van der Waals surface area contributed by atoms with Crippen molar-refractivity contribution in [1.82, 2.24) is 20.9 Å². The third-order valence-electron chi connectivity index (χ3n) is 11.2. The second-order valence-corrected chi connectivity index (χ2v) is 15.3. The molecule has 1 aromatic rings. The highest BCUT2D eigenvalue weighted by Gasteiger charge is 2.70. The molecule has 4 aliphatic carbocycles. The van der Waals surface area contributed by atoms with Crippen molar-refractivity contribution >= 4 is 35.3 Å². The van der Waals surface area contributed by atoms with Crippen LogP contribution in [0.4, 0.5) is 4.79 Å². The van der Waals surface area contributed by atoms with Gasteiger partial charge in [-0.3, -0.25) is 24.0 Å². The predicted octanol–water partition coefficient (Wildman–Crippen LogP) is 1.90. The summed E-state index contributed by atoms with van der Waals surface area (Å²) in [5.74, 6) is -2.92. The van der Waals surface area contributed by atoms with Gasteiger partial charge in [-0.05, 0) is 78.2 Å². The number of hydrogen-bond donors (Lipinski definition) is 4. The number of carbonyl (C=O) groups is 6. The van der Waals surface area contributed by atoms with Crippen LogP contribution in [0.25, 0.3) is 0 Å². The summed E-state index contributed by atoms with van der Waals surface area (Å²) in [6, 6.07) is 3.90. The van der Waals surface area contributed by atoms with Crippen LogP contribution < -0.4 is 21.7 Å². The van der Waals surface area contributed by atoms with Crippen LogP contribution in [0, 0.1) is 40.9 Å². The van der Waals surface area contributed by atoms with E-state index in [0.29, 0.717) is 25.8 Å². The summed E-state index contributed by atoms with van der Waals surface area (Å²) in [6.07, 6.45) is 5.02. The van der Waals surface area contributed by atoms with E-state index in [9.17, 15) is 28.8 Å². The SMILES string of the molecule is CC(C)[C@H](NC(=O)N[C@H](C(=O)N1C[C@H]2[C@@H]([C@H]1C(=O)NC(CC1CC1)C(=O)C(N)=O)C2(C)C)C1Cc2ccccc2C1)C(=O)C1CC1. The van der Waals surface area contributed by atoms with Crippen LogP contribution in [-0.2, 0) is 36.8 Å². The minimum atomic E-state index is -1.09. The van der Waals surface area contributed by atoms with Crippen LogP contribution in [0.2, 0.25) is 0 Å². The first-order chi connectivity index (χ1) is 21.8. The number of nitrogens with one attached hydrogen (secondary N) is 3. The normalized spacial score (nSPS) is 26.4. The van der Waals surface area contributed by atoms with Crippen LogP contribution >= 0.6 is 0 Å². The van der Waals surface area contributed by atoms with Gasteiger partial charge in [0.2, 0.25) is 17.6 Å². The Kier molecular flexibility index (Phi) is 8.48. The van der Waals surface area contributed by atoms with Crippen molar-refractivity contribution in [3.05, 3.63) is 35.4 Å². The molecular weight excluding hydrogens is 586 g/mol. The molecule has 3 saturated carbocycles. The summed E-state index contributed by atoms with van der Waals surface area (Å²) in [5.41, 5.74) is 7.37. The van der Waals surface area contributed by atoms with E-state index in [1.54, 1.807) is 4.90 Å². The Morgan fingerprint density at radius 3 is 2.11 bits per heavy atom. The molecule has 11 nitrogen and oxygen atoms in total. The van der Waals surface area contributed by atoms with E-state index in [4.69, 9.17) is 5.73 Å². The number of ketones is 2. The molecule has 0 aromatic heterocycles. The number of fused-ring (bicyclic) bond motifs is 2. The van der Waals surface area contributed by atoms with E-state index < -0.39 is 47.8 Å². The molecule has 1 aromatic carbocycles. The third-order valence-corrected chi connectivity index (χ3v) is 11.2. The van der Waals surface area contributed by atoms with Gasteiger partial charge in [-0.25, -0.2) is 4.79 Å². The average molecular weight is 634 g/mol. The number of rotatable bonds is 13. The smallest absolute Gasteiger partial charge is 0.316 e. The van der Waals surface area contributed by atoms with Gasteiger partial charge >= 0.3 is 6.03 Å². The number of nitrogens with zero attached hydrogens (tertiary/aromatic N) is 1. The van der Waals surface area contributed by atoms with Gasteiger partial charge in [0.1, 0.15) is 12.1 Å². The van der Waals surface area contributed by atoms with Crippen molar-refractivity contribution in [2.45, 2.75) is 96.8 Å². The Hall–Kier alpha value is -3.76. The molecule has 6 atom stereocenters. The number of nitrogens with two attached hydrogens (primary N) is 1. The number of benzene rings is 1. The largest absolute Gasteiger partial charge is 0.363 e. The Morgan fingerprint density at radius 2 is 1.57 bits per heavy atom. The van der Waals surface area contributed by atoms with E-state index >= 15 is 0 Å². The standard InChI is InChI=1S/C35H47N5O6/c1-17(2)26(29(41)19-11-12-19)38-34(46)39-27(22-14-20-7-5-6-8-21(20)15-22)33(45)40-16-23-25(35(23,3)4)28(40)32(44)37-24(13-18-9-10-18)30(42)31(36)43/h5-8,17-19,22-28H,9-16H2,1-4H3,(H2,36,43)(H,37,44)(H2,38,39,46)/t23-,24?,25-,26-,27-,28-/m0/s1. The number of amides is 5. The summed E-state index contributed by atoms with van der Waals surface area (Å²) >= 11 is 0. The molecule has 248 valence electrons. The van der Waals surface area contributed by atoms with Crippen molar-refractivity contribution < 1.29 is 28.8 Å². The second kappa shape index (κ2) is 12.1. The minimum absolute atomic E-state index is 0.0196.